The monoisotopic (exact) mass is 426 g/mol. The molecule has 0 saturated heterocycles. The lowest BCUT2D eigenvalue weighted by Crippen LogP contribution is -2.61. The first-order valence-corrected chi connectivity index (χ1v) is 9.53. The lowest BCUT2D eigenvalue weighted by Gasteiger charge is -2.36. The van der Waals surface area contributed by atoms with E-state index in [2.05, 4.69) is 28.5 Å². The number of aldehydes is 1. The number of benzene rings is 1. The zero-order valence-corrected chi connectivity index (χ0v) is 18.9. The maximum atomic E-state index is 13.1. The molecule has 0 unspecified atom stereocenters. The summed E-state index contributed by atoms with van der Waals surface area (Å²) in [5, 5.41) is 14.3. The molecule has 0 bridgehead atoms. The van der Waals surface area contributed by atoms with E-state index in [9.17, 15) is 9.59 Å². The number of carbonyl (C=O) groups excluding carboxylic acids is 2. The lowest BCUT2D eigenvalue weighted by atomic mass is 9.88. The van der Waals surface area contributed by atoms with E-state index in [-0.39, 0.29) is 6.54 Å². The number of amides is 1. The Balaban J connectivity index is 3.39. The molecule has 0 aliphatic carbocycles. The van der Waals surface area contributed by atoms with Crippen LogP contribution in [0.1, 0.15) is 22.8 Å². The Morgan fingerprint density at radius 1 is 1.32 bits per heavy atom. The van der Waals surface area contributed by atoms with E-state index in [0.29, 0.717) is 23.4 Å². The van der Waals surface area contributed by atoms with Gasteiger partial charge in [-0.05, 0) is 38.7 Å². The van der Waals surface area contributed by atoms with Crippen LogP contribution < -0.4 is 15.4 Å². The number of carbonyl (C=O) groups is 2. The number of rotatable bonds is 10. The minimum absolute atomic E-state index is 0.209. The summed E-state index contributed by atoms with van der Waals surface area (Å²) in [6, 6.07) is 7.46. The van der Waals surface area contributed by atoms with Gasteiger partial charge in [0.05, 0.1) is 13.2 Å². The average molecular weight is 427 g/mol. The highest BCUT2D eigenvalue weighted by Gasteiger charge is 2.41. The van der Waals surface area contributed by atoms with Crippen LogP contribution in [-0.4, -0.2) is 74.5 Å². The van der Waals surface area contributed by atoms with Crippen molar-refractivity contribution in [2.45, 2.75) is 19.0 Å². The molecule has 31 heavy (non-hydrogen) atoms. The third kappa shape index (κ3) is 6.78. The summed E-state index contributed by atoms with van der Waals surface area (Å²) in [5.74, 6) is 5.98. The van der Waals surface area contributed by atoms with Gasteiger partial charge in [0.25, 0.3) is 5.91 Å². The maximum absolute atomic E-state index is 13.1. The molecule has 1 rings (SSSR count). The molecule has 0 spiro atoms. The minimum Gasteiger partial charge on any atom is -0.497 e. The fraction of sp³-hybridized carbons (Fsp3) is 0.391. The predicted molar refractivity (Wildman–Crippen MR) is 120 cm³/mol. The van der Waals surface area contributed by atoms with Gasteiger partial charge in [-0.2, -0.15) is 0 Å². The van der Waals surface area contributed by atoms with E-state index in [1.54, 1.807) is 43.3 Å². The summed E-state index contributed by atoms with van der Waals surface area (Å²) in [7, 11) is 8.70. The Kier molecular flexibility index (Phi) is 10.1. The van der Waals surface area contributed by atoms with Crippen molar-refractivity contribution >= 4 is 12.2 Å². The molecule has 1 aromatic carbocycles. The van der Waals surface area contributed by atoms with Gasteiger partial charge in [-0.15, -0.1) is 5.92 Å². The second kappa shape index (κ2) is 12.3. The Hall–Kier alpha value is -3.46. The summed E-state index contributed by atoms with van der Waals surface area (Å²) in [6.45, 7) is 2.29. The molecule has 1 aromatic rings. The lowest BCUT2D eigenvalue weighted by molar-refractivity contribution is -0.125. The van der Waals surface area contributed by atoms with E-state index in [0.717, 1.165) is 11.8 Å². The first kappa shape index (κ1) is 25.6. The zero-order valence-electron chi connectivity index (χ0n) is 18.9. The number of nitrogens with zero attached hydrogens (tertiary/aromatic N) is 2. The summed E-state index contributed by atoms with van der Waals surface area (Å²) < 4.78 is 5.18. The number of hydrogen-bond donors (Lipinski definition) is 3. The molecule has 0 saturated carbocycles. The molecular formula is C23H30N4O4. The quantitative estimate of drug-likeness (QED) is 0.289. The van der Waals surface area contributed by atoms with Crippen LogP contribution >= 0.6 is 0 Å². The maximum Gasteiger partial charge on any atom is 0.258 e. The van der Waals surface area contributed by atoms with Crippen molar-refractivity contribution in [2.75, 3.05) is 41.8 Å². The largest absolute Gasteiger partial charge is 0.497 e. The zero-order chi connectivity index (χ0) is 23.4. The van der Waals surface area contributed by atoms with Crippen molar-refractivity contribution in [2.24, 2.45) is 0 Å². The van der Waals surface area contributed by atoms with Crippen LogP contribution in [0.15, 0.2) is 30.0 Å². The number of ether oxygens (including phenoxy) is 1. The fourth-order valence-corrected chi connectivity index (χ4v) is 3.15. The van der Waals surface area contributed by atoms with E-state index in [1.165, 1.54) is 7.11 Å². The van der Waals surface area contributed by atoms with Crippen LogP contribution in [0.3, 0.4) is 0 Å². The van der Waals surface area contributed by atoms with Gasteiger partial charge >= 0.3 is 0 Å². The van der Waals surface area contributed by atoms with E-state index in [1.807, 2.05) is 32.1 Å². The van der Waals surface area contributed by atoms with Crippen molar-refractivity contribution in [1.82, 2.24) is 20.4 Å². The number of aliphatic hydroxyl groups is 1. The predicted octanol–water partition coefficient (Wildman–Crippen LogP) is 0.774. The number of aliphatic hydroxyl groups excluding tert-OH is 1. The minimum atomic E-state index is -1.26. The van der Waals surface area contributed by atoms with Gasteiger partial charge in [0.15, 0.2) is 6.29 Å². The van der Waals surface area contributed by atoms with Crippen LogP contribution in [0, 0.1) is 24.0 Å². The van der Waals surface area contributed by atoms with Gasteiger partial charge in [-0.3, -0.25) is 19.8 Å². The third-order valence-corrected chi connectivity index (χ3v) is 4.58. The normalized spacial score (nSPS) is 12.5. The molecule has 8 heteroatoms. The van der Waals surface area contributed by atoms with Crippen LogP contribution in [0.4, 0.5) is 0 Å². The standard InChI is InChI=1S/C23H30N4O4/c1-7-8-20(15-26(3)4)23(24-2,22(30)25-11-12-28)17-27(5)14-18-9-10-21(31-6)13-19(18)16-29/h9-10,13,15-16,24,28H,14,17H2,1-6H3,(H,25,30)/b20-15+/t23-/m0/s1. The summed E-state index contributed by atoms with van der Waals surface area (Å²) in [6.07, 6.45) is 4.22. The van der Waals surface area contributed by atoms with Gasteiger partial charge in [0.1, 0.15) is 17.4 Å². The van der Waals surface area contributed by atoms with Gasteiger partial charge in [-0.1, -0.05) is 12.0 Å². The van der Waals surface area contributed by atoms with E-state index >= 15 is 0 Å². The molecule has 0 radical (unpaired) electrons. The van der Waals surface area contributed by atoms with Gasteiger partial charge in [-0.25, -0.2) is 0 Å². The number of likely N-dealkylation sites (N-methyl/N-ethyl adjacent to an activating group) is 2. The van der Waals surface area contributed by atoms with Crippen molar-refractivity contribution in [3.05, 3.63) is 41.1 Å². The molecule has 0 aliphatic rings. The smallest absolute Gasteiger partial charge is 0.258 e. The average Bonchev–Trinajstić information content (AvgIpc) is 2.75. The molecule has 0 aromatic heterocycles. The summed E-state index contributed by atoms with van der Waals surface area (Å²) in [5.41, 5.74) is 0.560. The number of hydrogen-bond acceptors (Lipinski definition) is 7. The molecule has 166 valence electrons. The summed E-state index contributed by atoms with van der Waals surface area (Å²) >= 11 is 0. The molecule has 8 nitrogen and oxygen atoms in total. The van der Waals surface area contributed by atoms with Crippen LogP contribution in [-0.2, 0) is 11.3 Å². The van der Waals surface area contributed by atoms with E-state index < -0.39 is 11.4 Å². The van der Waals surface area contributed by atoms with Crippen molar-refractivity contribution in [1.29, 1.82) is 0 Å². The van der Waals surface area contributed by atoms with Gasteiger partial charge < -0.3 is 20.1 Å². The highest BCUT2D eigenvalue weighted by Crippen LogP contribution is 2.22. The van der Waals surface area contributed by atoms with Crippen LogP contribution in [0.2, 0.25) is 0 Å². The topological polar surface area (TPSA) is 94.1 Å². The molecule has 0 heterocycles. The second-order valence-electron chi connectivity index (χ2n) is 7.08. The highest BCUT2D eigenvalue weighted by atomic mass is 16.5. The molecule has 0 aliphatic heterocycles. The van der Waals surface area contributed by atoms with Crippen LogP contribution in [0.25, 0.3) is 0 Å². The molecule has 3 N–H and O–H groups in total. The Bertz CT molecular complexity index is 934. The van der Waals surface area contributed by atoms with Crippen molar-refractivity contribution in [3.8, 4) is 29.7 Å². The Morgan fingerprint density at radius 2 is 2.03 bits per heavy atom. The van der Waals surface area contributed by atoms with E-state index in [4.69, 9.17) is 9.84 Å². The second-order valence-corrected chi connectivity index (χ2v) is 7.08. The molecule has 1 amide bonds. The molecule has 0 fully saturated rings. The Morgan fingerprint density at radius 3 is 2.55 bits per heavy atom. The number of nitrogens with one attached hydrogen (secondary N) is 2. The van der Waals surface area contributed by atoms with Crippen molar-refractivity contribution < 1.29 is 19.4 Å². The SMILES string of the molecule is CC#C/C(=C\N(C)C)[C@](CN(C)Cc1ccc(OC)cc1C=O)(NC)C(=O)NC#CO. The fourth-order valence-electron chi connectivity index (χ4n) is 3.15. The summed E-state index contributed by atoms with van der Waals surface area (Å²) in [4.78, 5) is 28.4. The Labute approximate surface area is 184 Å². The molecule has 1 atom stereocenters. The highest BCUT2D eigenvalue weighted by molar-refractivity contribution is 5.92. The van der Waals surface area contributed by atoms with Crippen molar-refractivity contribution in [3.63, 3.8) is 0 Å². The number of methoxy groups -OCH3 is 1. The molecular weight excluding hydrogens is 396 g/mol. The third-order valence-electron chi connectivity index (χ3n) is 4.58. The van der Waals surface area contributed by atoms with Gasteiger partial charge in [0.2, 0.25) is 0 Å². The van der Waals surface area contributed by atoms with Crippen LogP contribution in [0.5, 0.6) is 5.75 Å². The first-order chi connectivity index (χ1) is 14.8. The first-order valence-electron chi connectivity index (χ1n) is 9.53. The van der Waals surface area contributed by atoms with Gasteiger partial charge in [0, 0.05) is 44.5 Å².